The van der Waals surface area contributed by atoms with E-state index in [0.29, 0.717) is 18.8 Å². The van der Waals surface area contributed by atoms with Crippen molar-refractivity contribution in [3.05, 3.63) is 40.7 Å². The molecule has 0 radical (unpaired) electrons. The van der Waals surface area contributed by atoms with E-state index >= 15 is 0 Å². The molecule has 7 heteroatoms. The maximum atomic E-state index is 13.1. The molecule has 5 nitrogen and oxygen atoms in total. The number of hydrogen-bond donors (Lipinski definition) is 0. The van der Waals surface area contributed by atoms with E-state index in [9.17, 15) is 9.18 Å². The van der Waals surface area contributed by atoms with Crippen molar-refractivity contribution in [1.82, 2.24) is 9.88 Å². The fraction of sp³-hybridized carbons (Fsp3) is 0.412. The number of hydrogen-bond acceptors (Lipinski definition) is 5. The number of piperazine rings is 1. The van der Waals surface area contributed by atoms with Crippen LogP contribution >= 0.6 is 11.3 Å². The van der Waals surface area contributed by atoms with Gasteiger partial charge in [0.05, 0.1) is 5.69 Å². The van der Waals surface area contributed by atoms with Crippen LogP contribution < -0.4 is 9.64 Å². The molecule has 0 aliphatic carbocycles. The van der Waals surface area contributed by atoms with E-state index in [-0.39, 0.29) is 18.3 Å². The topological polar surface area (TPSA) is 45.7 Å². The Bertz CT molecular complexity index is 707. The lowest BCUT2D eigenvalue weighted by Crippen LogP contribution is -2.50. The van der Waals surface area contributed by atoms with Crippen LogP contribution in [0.15, 0.2) is 24.3 Å². The Labute approximate surface area is 144 Å². The van der Waals surface area contributed by atoms with Gasteiger partial charge in [-0.1, -0.05) is 6.07 Å². The number of benzene rings is 1. The predicted molar refractivity (Wildman–Crippen MR) is 92.3 cm³/mol. The zero-order chi connectivity index (χ0) is 17.1. The van der Waals surface area contributed by atoms with Crippen LogP contribution in [0.2, 0.25) is 0 Å². The van der Waals surface area contributed by atoms with Crippen LogP contribution in [-0.2, 0) is 4.79 Å². The number of rotatable bonds is 4. The molecule has 24 heavy (non-hydrogen) atoms. The Balaban J connectivity index is 1.50. The van der Waals surface area contributed by atoms with E-state index in [0.717, 1.165) is 23.9 Å². The first kappa shape index (κ1) is 16.7. The van der Waals surface area contributed by atoms with Gasteiger partial charge >= 0.3 is 0 Å². The average Bonchev–Trinajstić information content (AvgIpc) is 2.92. The van der Waals surface area contributed by atoms with Crippen LogP contribution in [0.3, 0.4) is 0 Å². The van der Waals surface area contributed by atoms with E-state index < -0.39 is 0 Å². The van der Waals surface area contributed by atoms with Crippen molar-refractivity contribution in [3.8, 4) is 5.75 Å². The number of carbonyl (C=O) groups is 1. The van der Waals surface area contributed by atoms with E-state index in [1.165, 1.54) is 17.0 Å². The Morgan fingerprint density at radius 2 is 2.04 bits per heavy atom. The first-order valence-corrected chi connectivity index (χ1v) is 8.69. The first-order chi connectivity index (χ1) is 11.5. The lowest BCUT2D eigenvalue weighted by Gasteiger charge is -2.34. The summed E-state index contributed by atoms with van der Waals surface area (Å²) in [6.07, 6.45) is 0. The summed E-state index contributed by atoms with van der Waals surface area (Å²) in [6, 6.07) is 5.82. The molecule has 0 unspecified atom stereocenters. The minimum Gasteiger partial charge on any atom is -0.484 e. The molecular weight excluding hydrogens is 329 g/mol. The van der Waals surface area contributed by atoms with Gasteiger partial charge in [0.2, 0.25) is 0 Å². The molecule has 2 aromatic rings. The Kier molecular flexibility index (Phi) is 4.99. The number of nitrogens with zero attached hydrogens (tertiary/aromatic N) is 3. The maximum Gasteiger partial charge on any atom is 0.260 e. The fourth-order valence-corrected chi connectivity index (χ4v) is 3.49. The third-order valence-electron chi connectivity index (χ3n) is 4.08. The van der Waals surface area contributed by atoms with Crippen LogP contribution in [-0.4, -0.2) is 48.6 Å². The quantitative estimate of drug-likeness (QED) is 0.851. The summed E-state index contributed by atoms with van der Waals surface area (Å²) in [5.74, 6) is -0.0799. The molecule has 1 aliphatic rings. The van der Waals surface area contributed by atoms with Gasteiger partial charge in [-0.3, -0.25) is 4.79 Å². The summed E-state index contributed by atoms with van der Waals surface area (Å²) in [7, 11) is 0. The van der Waals surface area contributed by atoms with Crippen molar-refractivity contribution >= 4 is 22.4 Å². The number of thiazole rings is 1. The maximum absolute atomic E-state index is 13.1. The second kappa shape index (κ2) is 7.17. The van der Waals surface area contributed by atoms with Gasteiger partial charge in [0.25, 0.3) is 5.91 Å². The van der Waals surface area contributed by atoms with Crippen molar-refractivity contribution in [2.24, 2.45) is 0 Å². The number of carbonyl (C=O) groups excluding carboxylic acids is 1. The summed E-state index contributed by atoms with van der Waals surface area (Å²) in [6.45, 7) is 6.82. The van der Waals surface area contributed by atoms with E-state index in [2.05, 4.69) is 16.8 Å². The second-order valence-corrected chi connectivity index (χ2v) is 6.93. The standard InChI is InChI=1S/C17H20FN3O2S/c1-12-13(2)24-17(19-12)21-8-6-20(7-9-21)16(22)11-23-15-5-3-4-14(18)10-15/h3-5,10H,6-9,11H2,1-2H3. The smallest absolute Gasteiger partial charge is 0.260 e. The fourth-order valence-electron chi connectivity index (χ4n) is 2.53. The lowest BCUT2D eigenvalue weighted by molar-refractivity contribution is -0.133. The van der Waals surface area contributed by atoms with Gasteiger partial charge in [0.1, 0.15) is 11.6 Å². The predicted octanol–water partition coefficient (Wildman–Crippen LogP) is 2.63. The molecule has 1 aliphatic heterocycles. The Morgan fingerprint density at radius 1 is 1.29 bits per heavy atom. The first-order valence-electron chi connectivity index (χ1n) is 7.88. The summed E-state index contributed by atoms with van der Waals surface area (Å²) >= 11 is 1.69. The molecule has 0 bridgehead atoms. The van der Waals surface area contributed by atoms with Crippen molar-refractivity contribution in [3.63, 3.8) is 0 Å². The SMILES string of the molecule is Cc1nc(N2CCN(C(=O)COc3cccc(F)c3)CC2)sc1C. The lowest BCUT2D eigenvalue weighted by atomic mass is 10.3. The number of ether oxygens (including phenoxy) is 1. The Morgan fingerprint density at radius 3 is 2.67 bits per heavy atom. The molecule has 128 valence electrons. The van der Waals surface area contributed by atoms with Crippen molar-refractivity contribution in [2.45, 2.75) is 13.8 Å². The highest BCUT2D eigenvalue weighted by molar-refractivity contribution is 7.15. The van der Waals surface area contributed by atoms with Crippen LogP contribution in [0, 0.1) is 19.7 Å². The number of anilines is 1. The van der Waals surface area contributed by atoms with E-state index in [1.807, 2.05) is 6.92 Å². The van der Waals surface area contributed by atoms with Gasteiger partial charge in [-0.05, 0) is 26.0 Å². The van der Waals surface area contributed by atoms with Gasteiger partial charge in [-0.25, -0.2) is 9.37 Å². The number of amides is 1. The molecule has 3 rings (SSSR count). The second-order valence-electron chi connectivity index (χ2n) is 5.75. The van der Waals surface area contributed by atoms with Gasteiger partial charge in [0, 0.05) is 37.1 Å². The Hall–Kier alpha value is -2.15. The molecule has 1 aromatic carbocycles. The van der Waals surface area contributed by atoms with Crippen LogP contribution in [0.5, 0.6) is 5.75 Å². The average molecular weight is 349 g/mol. The molecular formula is C17H20FN3O2S. The number of aryl methyl sites for hydroxylation is 2. The summed E-state index contributed by atoms with van der Waals surface area (Å²) in [5, 5.41) is 1.02. The molecule has 1 aromatic heterocycles. The van der Waals surface area contributed by atoms with E-state index in [4.69, 9.17) is 4.74 Å². The van der Waals surface area contributed by atoms with Crippen LogP contribution in [0.4, 0.5) is 9.52 Å². The minimum atomic E-state index is -0.373. The highest BCUT2D eigenvalue weighted by Crippen LogP contribution is 2.26. The molecule has 1 saturated heterocycles. The summed E-state index contributed by atoms with van der Waals surface area (Å²) in [4.78, 5) is 22.0. The van der Waals surface area contributed by atoms with Gasteiger partial charge in [0.15, 0.2) is 11.7 Å². The zero-order valence-electron chi connectivity index (χ0n) is 13.8. The number of halogens is 1. The zero-order valence-corrected chi connectivity index (χ0v) is 14.6. The van der Waals surface area contributed by atoms with Gasteiger partial charge in [-0.15, -0.1) is 11.3 Å². The molecule has 0 spiro atoms. The molecule has 1 fully saturated rings. The minimum absolute atomic E-state index is 0.0705. The van der Waals surface area contributed by atoms with Crippen LogP contribution in [0.1, 0.15) is 10.6 Å². The molecule has 0 N–H and O–H groups in total. The van der Waals surface area contributed by atoms with Gasteiger partial charge < -0.3 is 14.5 Å². The molecule has 1 amide bonds. The monoisotopic (exact) mass is 349 g/mol. The third-order valence-corrected chi connectivity index (χ3v) is 5.21. The normalized spacial score (nSPS) is 14.8. The van der Waals surface area contributed by atoms with Crippen molar-refractivity contribution in [2.75, 3.05) is 37.7 Å². The van der Waals surface area contributed by atoms with Crippen LogP contribution in [0.25, 0.3) is 0 Å². The van der Waals surface area contributed by atoms with E-state index in [1.54, 1.807) is 28.4 Å². The van der Waals surface area contributed by atoms with Crippen molar-refractivity contribution < 1.29 is 13.9 Å². The molecule has 0 atom stereocenters. The molecule has 0 saturated carbocycles. The third kappa shape index (κ3) is 3.84. The number of aromatic nitrogens is 1. The molecule has 2 heterocycles. The largest absolute Gasteiger partial charge is 0.484 e. The highest BCUT2D eigenvalue weighted by atomic mass is 32.1. The van der Waals surface area contributed by atoms with Gasteiger partial charge in [-0.2, -0.15) is 0 Å². The summed E-state index contributed by atoms with van der Waals surface area (Å²) < 4.78 is 18.5. The summed E-state index contributed by atoms with van der Waals surface area (Å²) in [5.41, 5.74) is 1.07. The van der Waals surface area contributed by atoms with Crippen molar-refractivity contribution in [1.29, 1.82) is 0 Å². The highest BCUT2D eigenvalue weighted by Gasteiger charge is 2.23.